The van der Waals surface area contributed by atoms with E-state index in [1.165, 1.54) is 137 Å². The third-order valence-corrected chi connectivity index (χ3v) is 15.8. The molecule has 14 aromatic carbocycles. The first-order valence-corrected chi connectivity index (χ1v) is 26.0. The third-order valence-electron chi connectivity index (χ3n) is 15.8. The largest absolute Gasteiger partial charge is 0.316 e. The van der Waals surface area contributed by atoms with Gasteiger partial charge in [-0.1, -0.05) is 237 Å². The Bertz CT molecular complexity index is 4640. The lowest BCUT2D eigenvalue weighted by atomic mass is 9.92. The van der Waals surface area contributed by atoms with E-state index in [1.54, 1.807) is 0 Å². The van der Waals surface area contributed by atoms with E-state index in [0.717, 1.165) is 11.2 Å². The van der Waals surface area contributed by atoms with Crippen molar-refractivity contribution in [1.29, 1.82) is 0 Å². The summed E-state index contributed by atoms with van der Waals surface area (Å²) in [4.78, 5) is 0. The van der Waals surface area contributed by atoms with Crippen molar-refractivity contribution < 1.29 is 0 Å². The highest BCUT2D eigenvalue weighted by molar-refractivity contribution is 6.15. The summed E-state index contributed by atoms with van der Waals surface area (Å²) >= 11 is 0. The van der Waals surface area contributed by atoms with Crippen LogP contribution in [0.3, 0.4) is 0 Å². The van der Waals surface area contributed by atoms with E-state index in [0.29, 0.717) is 0 Å². The van der Waals surface area contributed by atoms with Crippen molar-refractivity contribution in [1.82, 2.24) is 4.57 Å². The summed E-state index contributed by atoms with van der Waals surface area (Å²) in [5, 5.41) is 16.3. The summed E-state index contributed by atoms with van der Waals surface area (Å²) < 4.78 is 2.43. The molecule has 1 heterocycles. The van der Waals surface area contributed by atoms with E-state index < -0.39 is 0 Å². The molecule has 0 saturated heterocycles. The minimum atomic E-state index is 1.11. The van der Waals surface area contributed by atoms with Crippen molar-refractivity contribution in [3.8, 4) is 72.4 Å². The number of hydrogen-bond donors (Lipinski definition) is 0. The predicted molar refractivity (Wildman–Crippen MR) is 321 cm³/mol. The van der Waals surface area contributed by atoms with Gasteiger partial charge in [-0.05, 0) is 168 Å². The molecule has 0 atom stereocenters. The van der Waals surface area contributed by atoms with Crippen LogP contribution >= 0.6 is 0 Å². The van der Waals surface area contributed by atoms with E-state index >= 15 is 0 Å². The highest BCUT2D eigenvalue weighted by Gasteiger charge is 2.18. The van der Waals surface area contributed by atoms with Gasteiger partial charge in [0.15, 0.2) is 0 Å². The van der Waals surface area contributed by atoms with Gasteiger partial charge in [-0.15, -0.1) is 0 Å². The summed E-state index contributed by atoms with van der Waals surface area (Å²) in [5.41, 5.74) is 16.7. The normalized spacial score (nSPS) is 11.7. The Balaban J connectivity index is 0.916. The molecule has 15 rings (SSSR count). The van der Waals surface area contributed by atoms with Crippen molar-refractivity contribution in [2.75, 3.05) is 0 Å². The fourth-order valence-corrected chi connectivity index (χ4v) is 12.1. The zero-order chi connectivity index (χ0) is 49.4. The van der Waals surface area contributed by atoms with Crippen molar-refractivity contribution in [3.05, 3.63) is 285 Å². The van der Waals surface area contributed by atoms with Crippen LogP contribution in [0.1, 0.15) is 0 Å². The van der Waals surface area contributed by atoms with E-state index in [4.69, 9.17) is 0 Å². The van der Waals surface area contributed by atoms with E-state index in [2.05, 4.69) is 290 Å². The molecule has 0 spiro atoms. The van der Waals surface area contributed by atoms with Gasteiger partial charge in [0, 0.05) is 22.8 Å². The zero-order valence-electron chi connectivity index (χ0n) is 41.1. The zero-order valence-corrected chi connectivity index (χ0v) is 41.1. The Kier molecular flexibility index (Phi) is 9.96. The molecule has 0 aliphatic carbocycles. The summed E-state index contributed by atoms with van der Waals surface area (Å²) in [6.45, 7) is 0. The Morgan fingerprint density at radius 1 is 0.187 bits per heavy atom. The molecule has 0 radical (unpaired) electrons. The number of hydrogen-bond acceptors (Lipinski definition) is 0. The van der Waals surface area contributed by atoms with Crippen LogP contribution in [0.5, 0.6) is 0 Å². The summed E-state index contributed by atoms with van der Waals surface area (Å²) in [5.74, 6) is 0. The average Bonchev–Trinajstić information content (AvgIpc) is 3.89. The topological polar surface area (TPSA) is 4.93 Å². The molecule has 0 saturated carbocycles. The number of rotatable bonds is 7. The van der Waals surface area contributed by atoms with Gasteiger partial charge in [-0.2, -0.15) is 0 Å². The summed E-state index contributed by atoms with van der Waals surface area (Å²) in [6, 6.07) is 103. The van der Waals surface area contributed by atoms with Gasteiger partial charge >= 0.3 is 0 Å². The molecule has 75 heavy (non-hydrogen) atoms. The van der Waals surface area contributed by atoms with E-state index in [1.807, 2.05) is 0 Å². The van der Waals surface area contributed by atoms with Gasteiger partial charge in [0.2, 0.25) is 0 Å². The SMILES string of the molecule is c1ccc2c(-c3cc(-c4cccc5ccccc45)cc(-n4cc(-c5ccc(-c6cc7ccccc7c7ccccc67)cc5)c5cc(-c6ccc(-c7cc8ccccc8c8ccccc78)cc6)ccc54)c3)cccc2c1. The maximum atomic E-state index is 2.43. The van der Waals surface area contributed by atoms with Gasteiger partial charge in [0.25, 0.3) is 0 Å². The fraction of sp³-hybridized carbons (Fsp3) is 0. The molecule has 0 N–H and O–H groups in total. The second-order valence-electron chi connectivity index (χ2n) is 20.0. The third kappa shape index (κ3) is 7.24. The lowest BCUT2D eigenvalue weighted by molar-refractivity contribution is 1.13. The van der Waals surface area contributed by atoms with Crippen LogP contribution in [0.4, 0.5) is 0 Å². The molecule has 0 bridgehead atoms. The Morgan fingerprint density at radius 2 is 0.573 bits per heavy atom. The number of aromatic nitrogens is 1. The maximum Gasteiger partial charge on any atom is 0.0535 e. The lowest BCUT2D eigenvalue weighted by Gasteiger charge is -2.15. The Hall–Kier alpha value is -9.82. The quantitative estimate of drug-likeness (QED) is 0.140. The molecule has 1 aromatic heterocycles. The molecular weight excluding hydrogens is 903 g/mol. The smallest absolute Gasteiger partial charge is 0.0535 e. The Morgan fingerprint density at radius 3 is 1.08 bits per heavy atom. The molecule has 0 amide bonds. The monoisotopic (exact) mass is 949 g/mol. The molecule has 348 valence electrons. The molecular formula is C74H47N. The Labute approximate surface area is 435 Å². The minimum absolute atomic E-state index is 1.11. The molecule has 15 aromatic rings. The number of nitrogens with zero attached hydrogens (tertiary/aromatic N) is 1. The second kappa shape index (κ2) is 17.4. The van der Waals surface area contributed by atoms with Crippen LogP contribution in [-0.2, 0) is 0 Å². The van der Waals surface area contributed by atoms with E-state index in [9.17, 15) is 0 Å². The highest BCUT2D eigenvalue weighted by atomic mass is 15.0. The van der Waals surface area contributed by atoms with Crippen LogP contribution in [0.15, 0.2) is 285 Å². The summed E-state index contributed by atoms with van der Waals surface area (Å²) in [6.07, 6.45) is 2.37. The maximum absolute atomic E-state index is 2.43. The molecule has 0 aliphatic rings. The average molecular weight is 950 g/mol. The molecule has 0 unspecified atom stereocenters. The lowest BCUT2D eigenvalue weighted by Crippen LogP contribution is -1.95. The van der Waals surface area contributed by atoms with E-state index in [-0.39, 0.29) is 0 Å². The van der Waals surface area contributed by atoms with Crippen molar-refractivity contribution >= 4 is 75.5 Å². The van der Waals surface area contributed by atoms with Crippen molar-refractivity contribution in [3.63, 3.8) is 0 Å². The second-order valence-corrected chi connectivity index (χ2v) is 20.0. The van der Waals surface area contributed by atoms with Crippen LogP contribution in [0.25, 0.3) is 148 Å². The van der Waals surface area contributed by atoms with Crippen LogP contribution in [-0.4, -0.2) is 4.57 Å². The molecule has 1 heteroatoms. The molecule has 1 nitrogen and oxygen atoms in total. The van der Waals surface area contributed by atoms with Crippen molar-refractivity contribution in [2.45, 2.75) is 0 Å². The van der Waals surface area contributed by atoms with Gasteiger partial charge in [-0.3, -0.25) is 0 Å². The van der Waals surface area contributed by atoms with Gasteiger partial charge in [0.1, 0.15) is 0 Å². The molecule has 0 fully saturated rings. The van der Waals surface area contributed by atoms with Crippen LogP contribution in [0.2, 0.25) is 0 Å². The molecule has 0 aliphatic heterocycles. The van der Waals surface area contributed by atoms with Crippen LogP contribution in [0, 0.1) is 0 Å². The number of fused-ring (bicyclic) bond motifs is 9. The van der Waals surface area contributed by atoms with Gasteiger partial charge in [-0.25, -0.2) is 0 Å². The minimum Gasteiger partial charge on any atom is -0.316 e. The first kappa shape index (κ1) is 42.8. The van der Waals surface area contributed by atoms with Crippen LogP contribution < -0.4 is 0 Å². The summed E-state index contributed by atoms with van der Waals surface area (Å²) in [7, 11) is 0. The fourth-order valence-electron chi connectivity index (χ4n) is 12.1. The highest BCUT2D eigenvalue weighted by Crippen LogP contribution is 2.43. The standard InChI is InChI=1S/C74H47N/c1-5-21-60-49(15-1)19-13-29-64(60)57-41-58(65-30-14-20-50-16-2-6-22-61(50)65)43-59(42-57)75-47-73(53-37-35-52(36-38-53)71-46-56-18-4-8-24-63(56)67-26-10-12-28-69(67)71)72-44-54(39-40-74(72)75)48-31-33-51(34-32-48)70-45-55-17-3-7-23-62(55)66-25-9-11-27-68(66)70/h1-47H. The van der Waals surface area contributed by atoms with Gasteiger partial charge < -0.3 is 4.57 Å². The number of benzene rings is 14. The first-order valence-electron chi connectivity index (χ1n) is 26.0. The van der Waals surface area contributed by atoms with Crippen molar-refractivity contribution in [2.24, 2.45) is 0 Å². The van der Waals surface area contributed by atoms with Gasteiger partial charge in [0.05, 0.1) is 5.52 Å². The predicted octanol–water partition coefficient (Wildman–Crippen LogP) is 20.6. The first-order chi connectivity index (χ1) is 37.2.